The van der Waals surface area contributed by atoms with Crippen molar-refractivity contribution < 1.29 is 9.59 Å². The fourth-order valence-corrected chi connectivity index (χ4v) is 2.91. The van der Waals surface area contributed by atoms with Gasteiger partial charge in [0.25, 0.3) is 5.91 Å². The van der Waals surface area contributed by atoms with E-state index in [0.29, 0.717) is 17.5 Å². The van der Waals surface area contributed by atoms with E-state index in [1.807, 2.05) is 23.1 Å². The molecule has 1 aromatic rings. The van der Waals surface area contributed by atoms with Gasteiger partial charge >= 0.3 is 0 Å². The number of likely N-dealkylation sites (tertiary alicyclic amines) is 1. The molecule has 1 N–H and O–H groups in total. The Balaban J connectivity index is 2.02. The molecule has 0 bridgehead atoms. The summed E-state index contributed by atoms with van der Waals surface area (Å²) in [5.74, 6) is 0.460. The van der Waals surface area contributed by atoms with Crippen LogP contribution in [0.2, 0.25) is 0 Å². The highest BCUT2D eigenvalue weighted by Crippen LogP contribution is 2.24. The average molecular weight is 300 g/mol. The van der Waals surface area contributed by atoms with Crippen LogP contribution in [-0.4, -0.2) is 36.3 Å². The summed E-state index contributed by atoms with van der Waals surface area (Å²) >= 11 is 0. The number of amides is 2. The highest BCUT2D eigenvalue weighted by atomic mass is 16.2. The molecule has 0 aromatic heterocycles. The Kier molecular flexibility index (Phi) is 5.36. The number of nitrogens with zero attached hydrogens (tertiary/aromatic N) is 1. The topological polar surface area (TPSA) is 49.4 Å². The van der Waals surface area contributed by atoms with Crippen molar-refractivity contribution in [1.82, 2.24) is 10.2 Å². The smallest absolute Gasteiger partial charge is 0.251 e. The molecule has 1 atom stereocenters. The number of benzene rings is 1. The molecule has 0 spiro atoms. The van der Waals surface area contributed by atoms with Gasteiger partial charge in [-0.3, -0.25) is 9.59 Å². The summed E-state index contributed by atoms with van der Waals surface area (Å²) < 4.78 is 0. The van der Waals surface area contributed by atoms with Gasteiger partial charge in [0.05, 0.1) is 0 Å². The van der Waals surface area contributed by atoms with Gasteiger partial charge in [-0.2, -0.15) is 0 Å². The van der Waals surface area contributed by atoms with Crippen molar-refractivity contribution in [2.75, 3.05) is 13.6 Å². The Morgan fingerprint density at radius 3 is 2.55 bits per heavy atom. The number of hydrogen-bond acceptors (Lipinski definition) is 2. The molecular formula is C18H24N2O2. The first-order valence-corrected chi connectivity index (χ1v) is 7.83. The van der Waals surface area contributed by atoms with Crippen molar-refractivity contribution in [3.05, 3.63) is 41.5 Å². The van der Waals surface area contributed by atoms with Crippen molar-refractivity contribution in [2.45, 2.75) is 32.7 Å². The van der Waals surface area contributed by atoms with Crippen molar-refractivity contribution in [2.24, 2.45) is 5.92 Å². The maximum Gasteiger partial charge on any atom is 0.251 e. The summed E-state index contributed by atoms with van der Waals surface area (Å²) in [6.07, 6.45) is 5.63. The Labute approximate surface area is 132 Å². The van der Waals surface area contributed by atoms with E-state index >= 15 is 0 Å². The van der Waals surface area contributed by atoms with Gasteiger partial charge in [-0.1, -0.05) is 26.0 Å². The zero-order valence-electron chi connectivity index (χ0n) is 13.5. The van der Waals surface area contributed by atoms with Crippen molar-refractivity contribution in [3.63, 3.8) is 0 Å². The first kappa shape index (κ1) is 16.3. The van der Waals surface area contributed by atoms with E-state index in [1.54, 1.807) is 25.3 Å². The Bertz CT molecular complexity index is 561. The molecule has 1 aliphatic rings. The Hall–Kier alpha value is -2.10. The molecule has 22 heavy (non-hydrogen) atoms. The molecule has 1 heterocycles. The first-order chi connectivity index (χ1) is 10.5. The number of carbonyl (C=O) groups is 2. The first-order valence-electron chi connectivity index (χ1n) is 7.83. The van der Waals surface area contributed by atoms with E-state index in [2.05, 4.69) is 19.2 Å². The molecule has 1 aromatic carbocycles. The molecule has 1 aliphatic heterocycles. The lowest BCUT2D eigenvalue weighted by Crippen LogP contribution is -2.37. The molecule has 1 fully saturated rings. The summed E-state index contributed by atoms with van der Waals surface area (Å²) in [6, 6.07) is 7.56. The van der Waals surface area contributed by atoms with E-state index < -0.39 is 0 Å². The molecular weight excluding hydrogens is 276 g/mol. The minimum Gasteiger partial charge on any atom is -0.355 e. The Morgan fingerprint density at radius 1 is 1.27 bits per heavy atom. The van der Waals surface area contributed by atoms with Crippen molar-refractivity contribution >= 4 is 17.9 Å². The summed E-state index contributed by atoms with van der Waals surface area (Å²) in [5.41, 5.74) is 1.53. The van der Waals surface area contributed by atoms with Gasteiger partial charge < -0.3 is 10.2 Å². The van der Waals surface area contributed by atoms with Crippen molar-refractivity contribution in [1.29, 1.82) is 0 Å². The third-order valence-electron chi connectivity index (χ3n) is 4.17. The van der Waals surface area contributed by atoms with E-state index in [-0.39, 0.29) is 11.8 Å². The van der Waals surface area contributed by atoms with Gasteiger partial charge in [0, 0.05) is 31.3 Å². The van der Waals surface area contributed by atoms with Gasteiger partial charge in [0.2, 0.25) is 5.91 Å². The molecule has 1 saturated heterocycles. The average Bonchev–Trinajstić information content (AvgIpc) is 3.02. The second-order valence-electron chi connectivity index (χ2n) is 6.02. The largest absolute Gasteiger partial charge is 0.355 e. The monoisotopic (exact) mass is 300 g/mol. The van der Waals surface area contributed by atoms with Crippen LogP contribution in [0.5, 0.6) is 0 Å². The third kappa shape index (κ3) is 3.75. The molecule has 4 heteroatoms. The molecule has 118 valence electrons. The van der Waals surface area contributed by atoms with E-state index in [9.17, 15) is 9.59 Å². The second-order valence-corrected chi connectivity index (χ2v) is 6.02. The Morgan fingerprint density at radius 2 is 1.95 bits per heavy atom. The molecule has 0 saturated carbocycles. The highest BCUT2D eigenvalue weighted by molar-refractivity contribution is 5.95. The number of hydrogen-bond donors (Lipinski definition) is 1. The number of nitrogens with one attached hydrogen (secondary N) is 1. The maximum atomic E-state index is 12.3. The van der Waals surface area contributed by atoms with Crippen LogP contribution in [0, 0.1) is 5.92 Å². The molecule has 2 amide bonds. The molecule has 0 unspecified atom stereocenters. The van der Waals surface area contributed by atoms with Crippen molar-refractivity contribution in [3.8, 4) is 0 Å². The lowest BCUT2D eigenvalue weighted by molar-refractivity contribution is -0.127. The van der Waals surface area contributed by atoms with Gasteiger partial charge in [0.1, 0.15) is 0 Å². The van der Waals surface area contributed by atoms with Gasteiger partial charge in [0.15, 0.2) is 0 Å². The van der Waals surface area contributed by atoms with Crippen LogP contribution in [0.25, 0.3) is 6.08 Å². The predicted molar refractivity (Wildman–Crippen MR) is 88.4 cm³/mol. The third-order valence-corrected chi connectivity index (χ3v) is 4.17. The zero-order chi connectivity index (χ0) is 16.1. The normalized spacial score (nSPS) is 18.2. The van der Waals surface area contributed by atoms with Crippen LogP contribution < -0.4 is 5.32 Å². The van der Waals surface area contributed by atoms with E-state index in [0.717, 1.165) is 24.9 Å². The minimum absolute atomic E-state index is 0.0755. The van der Waals surface area contributed by atoms with Crippen LogP contribution >= 0.6 is 0 Å². The van der Waals surface area contributed by atoms with Crippen LogP contribution in [0.4, 0.5) is 0 Å². The van der Waals surface area contributed by atoms with Gasteiger partial charge in [-0.25, -0.2) is 0 Å². The SMILES string of the molecule is CNC(=O)c1ccc(/C=C\C(=O)N2CCC[C@@H]2C(C)C)cc1. The maximum absolute atomic E-state index is 12.3. The lowest BCUT2D eigenvalue weighted by Gasteiger charge is -2.26. The van der Waals surface area contributed by atoms with Crippen LogP contribution in [0.1, 0.15) is 42.6 Å². The summed E-state index contributed by atoms with van der Waals surface area (Å²) in [7, 11) is 1.61. The van der Waals surface area contributed by atoms with Crippen LogP contribution in [0.3, 0.4) is 0 Å². The predicted octanol–water partition coefficient (Wildman–Crippen LogP) is 2.71. The highest BCUT2D eigenvalue weighted by Gasteiger charge is 2.29. The molecule has 4 nitrogen and oxygen atoms in total. The molecule has 2 rings (SSSR count). The fourth-order valence-electron chi connectivity index (χ4n) is 2.91. The summed E-state index contributed by atoms with van der Waals surface area (Å²) in [5, 5.41) is 2.59. The van der Waals surface area contributed by atoms with E-state index in [4.69, 9.17) is 0 Å². The van der Waals surface area contributed by atoms with E-state index in [1.165, 1.54) is 0 Å². The quantitative estimate of drug-likeness (QED) is 0.869. The standard InChI is InChI=1S/C18H24N2O2/c1-13(2)16-5-4-12-20(16)17(21)11-8-14-6-9-15(10-7-14)18(22)19-3/h6-11,13,16H,4-5,12H2,1-3H3,(H,19,22)/b11-8-/t16-/m1/s1. The van der Waals surface area contributed by atoms with Gasteiger partial charge in [-0.15, -0.1) is 0 Å². The molecule has 0 radical (unpaired) electrons. The van der Waals surface area contributed by atoms with Crippen LogP contribution in [-0.2, 0) is 4.79 Å². The lowest BCUT2D eigenvalue weighted by atomic mass is 10.0. The number of carbonyl (C=O) groups excluding carboxylic acids is 2. The van der Waals surface area contributed by atoms with Crippen LogP contribution in [0.15, 0.2) is 30.3 Å². The minimum atomic E-state index is -0.108. The van der Waals surface area contributed by atoms with Gasteiger partial charge in [-0.05, 0) is 42.5 Å². The summed E-state index contributed by atoms with van der Waals surface area (Å²) in [4.78, 5) is 25.8. The number of rotatable bonds is 4. The fraction of sp³-hybridized carbons (Fsp3) is 0.444. The molecule has 0 aliphatic carbocycles. The summed E-state index contributed by atoms with van der Waals surface area (Å²) in [6.45, 7) is 5.18. The zero-order valence-corrected chi connectivity index (χ0v) is 13.5. The second kappa shape index (κ2) is 7.25.